The maximum Gasteiger partial charge on any atom is 0.256 e. The number of rotatable bonds is 3. The summed E-state index contributed by atoms with van der Waals surface area (Å²) >= 11 is 1.64. The summed E-state index contributed by atoms with van der Waals surface area (Å²) < 4.78 is 5.20. The molecule has 112 valence electrons. The highest BCUT2D eigenvalue weighted by Gasteiger charge is 2.48. The third-order valence-corrected chi connectivity index (χ3v) is 5.32. The van der Waals surface area contributed by atoms with Gasteiger partial charge in [0.1, 0.15) is 17.2 Å². The van der Waals surface area contributed by atoms with Crippen molar-refractivity contribution in [3.63, 3.8) is 0 Å². The lowest BCUT2D eigenvalue weighted by Crippen LogP contribution is -2.45. The van der Waals surface area contributed by atoms with Crippen LogP contribution in [0.5, 0.6) is 0 Å². The van der Waals surface area contributed by atoms with Gasteiger partial charge in [0.05, 0.1) is 12.8 Å². The van der Waals surface area contributed by atoms with Gasteiger partial charge in [0.25, 0.3) is 5.91 Å². The predicted molar refractivity (Wildman–Crippen MR) is 82.2 cm³/mol. The topological polar surface area (TPSA) is 62.6 Å². The summed E-state index contributed by atoms with van der Waals surface area (Å²) in [6.07, 6.45) is 1.57. The van der Waals surface area contributed by atoms with Crippen molar-refractivity contribution in [1.82, 2.24) is 10.2 Å². The molecule has 4 rings (SSSR count). The lowest BCUT2D eigenvalue weighted by Gasteiger charge is -2.22. The maximum absolute atomic E-state index is 12.5. The van der Waals surface area contributed by atoms with Crippen LogP contribution in [0.25, 0.3) is 0 Å². The molecule has 0 aliphatic carbocycles. The predicted octanol–water partition coefficient (Wildman–Crippen LogP) is 2.17. The molecule has 0 saturated carbocycles. The molecule has 0 radical (unpaired) electrons. The van der Waals surface area contributed by atoms with Crippen molar-refractivity contribution in [1.29, 1.82) is 0 Å². The molecule has 22 heavy (non-hydrogen) atoms. The van der Waals surface area contributed by atoms with Gasteiger partial charge in [-0.3, -0.25) is 9.59 Å². The summed E-state index contributed by atoms with van der Waals surface area (Å²) in [4.78, 5) is 26.7. The van der Waals surface area contributed by atoms with Gasteiger partial charge < -0.3 is 14.6 Å². The summed E-state index contributed by atoms with van der Waals surface area (Å²) in [5.41, 5.74) is 1.72. The van der Waals surface area contributed by atoms with E-state index in [1.807, 2.05) is 30.3 Å². The molecular weight excluding hydrogens is 300 g/mol. The Balaban J connectivity index is 1.51. The molecule has 6 heteroatoms. The summed E-state index contributed by atoms with van der Waals surface area (Å²) in [6.45, 7) is 0.340. The zero-order valence-corrected chi connectivity index (χ0v) is 12.5. The largest absolute Gasteiger partial charge is 0.467 e. The van der Waals surface area contributed by atoms with E-state index in [1.54, 1.807) is 29.0 Å². The number of furan rings is 1. The van der Waals surface area contributed by atoms with E-state index in [1.165, 1.54) is 0 Å². The number of thioether (sulfide) groups is 1. The third-order valence-electron chi connectivity index (χ3n) is 4.01. The van der Waals surface area contributed by atoms with Gasteiger partial charge in [-0.05, 0) is 23.8 Å². The van der Waals surface area contributed by atoms with E-state index in [0.717, 1.165) is 5.56 Å². The molecule has 1 fully saturated rings. The number of fused-ring (bicyclic) bond motifs is 3. The van der Waals surface area contributed by atoms with Gasteiger partial charge in [-0.2, -0.15) is 0 Å². The summed E-state index contributed by atoms with van der Waals surface area (Å²) in [7, 11) is 0. The van der Waals surface area contributed by atoms with E-state index in [2.05, 4.69) is 5.32 Å². The molecule has 2 aromatic rings. The quantitative estimate of drug-likeness (QED) is 0.943. The van der Waals surface area contributed by atoms with Gasteiger partial charge in [0.15, 0.2) is 0 Å². The second kappa shape index (κ2) is 5.21. The second-order valence-corrected chi connectivity index (χ2v) is 6.41. The average molecular weight is 314 g/mol. The molecule has 2 aliphatic rings. The van der Waals surface area contributed by atoms with Gasteiger partial charge in [-0.15, -0.1) is 11.8 Å². The Morgan fingerprint density at radius 1 is 1.32 bits per heavy atom. The van der Waals surface area contributed by atoms with Gasteiger partial charge in [-0.25, -0.2) is 0 Å². The number of carbonyl (C=O) groups excluding carboxylic acids is 2. The summed E-state index contributed by atoms with van der Waals surface area (Å²) in [5.74, 6) is 1.14. The Bertz CT molecular complexity index is 729. The number of benzene rings is 1. The minimum Gasteiger partial charge on any atom is -0.467 e. The molecule has 0 spiro atoms. The Kier molecular flexibility index (Phi) is 3.18. The Labute approximate surface area is 131 Å². The zero-order chi connectivity index (χ0) is 15.1. The van der Waals surface area contributed by atoms with Gasteiger partial charge in [0.2, 0.25) is 5.91 Å². The number of amides is 2. The molecule has 2 amide bonds. The highest BCUT2D eigenvalue weighted by atomic mass is 32.2. The SMILES string of the molecule is O=C(NCc1ccco1)[C@H]1CS[C@@H]2c3ccccc3C(=O)N12. The minimum atomic E-state index is -0.426. The van der Waals surface area contributed by atoms with E-state index in [9.17, 15) is 9.59 Å². The van der Waals surface area contributed by atoms with Crippen LogP contribution >= 0.6 is 11.8 Å². The van der Waals surface area contributed by atoms with E-state index in [4.69, 9.17) is 4.42 Å². The van der Waals surface area contributed by atoms with Crippen molar-refractivity contribution in [2.24, 2.45) is 0 Å². The van der Waals surface area contributed by atoms with Crippen molar-refractivity contribution < 1.29 is 14.0 Å². The molecule has 1 saturated heterocycles. The van der Waals surface area contributed by atoms with E-state index < -0.39 is 6.04 Å². The van der Waals surface area contributed by atoms with E-state index in [-0.39, 0.29) is 17.2 Å². The molecular formula is C16H14N2O3S. The van der Waals surface area contributed by atoms with Gasteiger partial charge >= 0.3 is 0 Å². The number of nitrogens with one attached hydrogen (secondary N) is 1. The molecule has 3 heterocycles. The van der Waals surface area contributed by atoms with Crippen molar-refractivity contribution >= 4 is 23.6 Å². The lowest BCUT2D eigenvalue weighted by molar-refractivity contribution is -0.125. The summed E-state index contributed by atoms with van der Waals surface area (Å²) in [6, 6.07) is 10.7. The molecule has 2 aliphatic heterocycles. The first-order valence-corrected chi connectivity index (χ1v) is 8.14. The van der Waals surface area contributed by atoms with E-state index in [0.29, 0.717) is 23.6 Å². The monoisotopic (exact) mass is 314 g/mol. The van der Waals surface area contributed by atoms with Crippen molar-refractivity contribution in [2.45, 2.75) is 18.0 Å². The van der Waals surface area contributed by atoms with E-state index >= 15 is 0 Å². The highest BCUT2D eigenvalue weighted by molar-refractivity contribution is 7.99. The van der Waals surface area contributed by atoms with Crippen molar-refractivity contribution in [3.8, 4) is 0 Å². The standard InChI is InChI=1S/C16H14N2O3S/c19-14(17-8-10-4-3-7-21-10)13-9-22-16-12-6-2-1-5-11(12)15(20)18(13)16/h1-7,13,16H,8-9H2,(H,17,19)/t13-,16-/m1/s1. The Morgan fingerprint density at radius 2 is 2.18 bits per heavy atom. The molecule has 0 unspecified atom stereocenters. The van der Waals surface area contributed by atoms with Crippen LogP contribution in [-0.4, -0.2) is 28.5 Å². The van der Waals surface area contributed by atoms with Crippen molar-refractivity contribution in [2.75, 3.05) is 5.75 Å². The molecule has 1 aromatic heterocycles. The van der Waals surface area contributed by atoms with Gasteiger partial charge in [0, 0.05) is 11.3 Å². The summed E-state index contributed by atoms with van der Waals surface area (Å²) in [5, 5.41) is 2.81. The van der Waals surface area contributed by atoms with Gasteiger partial charge in [-0.1, -0.05) is 18.2 Å². The van der Waals surface area contributed by atoms with Crippen LogP contribution in [0, 0.1) is 0 Å². The van der Waals surface area contributed by atoms with Crippen LogP contribution in [0.2, 0.25) is 0 Å². The Hall–Kier alpha value is -2.21. The molecule has 5 nitrogen and oxygen atoms in total. The van der Waals surface area contributed by atoms with Crippen LogP contribution in [0.4, 0.5) is 0 Å². The average Bonchev–Trinajstić information content (AvgIpc) is 3.25. The highest BCUT2D eigenvalue weighted by Crippen LogP contribution is 2.47. The van der Waals surface area contributed by atoms with Crippen LogP contribution < -0.4 is 5.32 Å². The molecule has 1 aromatic carbocycles. The minimum absolute atomic E-state index is 0.0388. The fourth-order valence-corrected chi connectivity index (χ4v) is 4.41. The first kappa shape index (κ1) is 13.5. The third kappa shape index (κ3) is 2.02. The number of hydrogen-bond donors (Lipinski definition) is 1. The van der Waals surface area contributed by atoms with Crippen LogP contribution in [-0.2, 0) is 11.3 Å². The Morgan fingerprint density at radius 3 is 3.00 bits per heavy atom. The fraction of sp³-hybridized carbons (Fsp3) is 0.250. The zero-order valence-electron chi connectivity index (χ0n) is 11.7. The molecule has 1 N–H and O–H groups in total. The first-order valence-electron chi connectivity index (χ1n) is 7.09. The van der Waals surface area contributed by atoms with Crippen LogP contribution in [0.15, 0.2) is 47.1 Å². The molecule has 0 bridgehead atoms. The molecule has 2 atom stereocenters. The second-order valence-electron chi connectivity index (χ2n) is 5.30. The van der Waals surface area contributed by atoms with Crippen molar-refractivity contribution in [3.05, 3.63) is 59.5 Å². The fourth-order valence-electron chi connectivity index (χ4n) is 2.95. The van der Waals surface area contributed by atoms with Crippen LogP contribution in [0.1, 0.15) is 27.1 Å². The smallest absolute Gasteiger partial charge is 0.256 e. The lowest BCUT2D eigenvalue weighted by atomic mass is 10.1. The van der Waals surface area contributed by atoms with Crippen LogP contribution in [0.3, 0.4) is 0 Å². The normalized spacial score (nSPS) is 22.5. The maximum atomic E-state index is 12.5. The number of carbonyl (C=O) groups is 2. The number of hydrogen-bond acceptors (Lipinski definition) is 4. The first-order chi connectivity index (χ1) is 10.8. The number of nitrogens with zero attached hydrogens (tertiary/aromatic N) is 1.